The summed E-state index contributed by atoms with van der Waals surface area (Å²) in [5.74, 6) is 0.696. The third-order valence-electron chi connectivity index (χ3n) is 8.68. The van der Waals surface area contributed by atoms with E-state index in [4.69, 9.17) is 4.74 Å². The molecule has 3 heterocycles. The second-order valence-electron chi connectivity index (χ2n) is 10.5. The Morgan fingerprint density at radius 2 is 2.03 bits per heavy atom. The summed E-state index contributed by atoms with van der Waals surface area (Å²) in [5.41, 5.74) is 2.20. The van der Waals surface area contributed by atoms with Gasteiger partial charge < -0.3 is 20.7 Å². The highest BCUT2D eigenvalue weighted by Crippen LogP contribution is 2.50. The fourth-order valence-corrected chi connectivity index (χ4v) is 6.82. The van der Waals surface area contributed by atoms with Crippen LogP contribution in [-0.2, 0) is 26.8 Å². The Bertz CT molecular complexity index is 1180. The van der Waals surface area contributed by atoms with E-state index in [-0.39, 0.29) is 23.6 Å². The molecule has 2 aliphatic heterocycles. The molecule has 1 aromatic heterocycles. The number of hydrogen-bond acceptors (Lipinski definition) is 5. The first-order valence-electron chi connectivity index (χ1n) is 12.6. The molecule has 9 heteroatoms. The van der Waals surface area contributed by atoms with Crippen LogP contribution < -0.4 is 16.0 Å². The summed E-state index contributed by atoms with van der Waals surface area (Å²) < 4.78 is 7.00. The van der Waals surface area contributed by atoms with E-state index < -0.39 is 11.5 Å². The maximum absolute atomic E-state index is 13.6. The molecule has 184 valence electrons. The lowest BCUT2D eigenvalue weighted by atomic mass is 9.75. The van der Waals surface area contributed by atoms with E-state index >= 15 is 0 Å². The van der Waals surface area contributed by atoms with Gasteiger partial charge in [0.2, 0.25) is 11.8 Å². The molecule has 4 atom stereocenters. The van der Waals surface area contributed by atoms with Crippen molar-refractivity contribution in [3.05, 3.63) is 41.7 Å². The van der Waals surface area contributed by atoms with Gasteiger partial charge in [0, 0.05) is 37.8 Å². The number of ether oxygens (including phenoxy) is 1. The second-order valence-corrected chi connectivity index (χ2v) is 10.5. The van der Waals surface area contributed by atoms with Crippen molar-refractivity contribution in [3.8, 4) is 0 Å². The molecule has 1 saturated heterocycles. The van der Waals surface area contributed by atoms with Gasteiger partial charge in [0.25, 0.3) is 5.91 Å². The number of rotatable bonds is 5. The molecular weight excluding hydrogens is 446 g/mol. The van der Waals surface area contributed by atoms with E-state index in [2.05, 4.69) is 21.0 Å². The van der Waals surface area contributed by atoms with E-state index in [0.29, 0.717) is 49.3 Å². The highest BCUT2D eigenvalue weighted by molar-refractivity contribution is 6.07. The molecule has 1 aromatic carbocycles. The van der Waals surface area contributed by atoms with Gasteiger partial charge in [-0.15, -0.1) is 0 Å². The number of nitrogens with one attached hydrogen (secondary N) is 3. The molecule has 3 N–H and O–H groups in total. The summed E-state index contributed by atoms with van der Waals surface area (Å²) in [6, 6.07) is 6.65. The minimum absolute atomic E-state index is 0.00238. The Balaban J connectivity index is 1.23. The molecule has 35 heavy (non-hydrogen) atoms. The van der Waals surface area contributed by atoms with Gasteiger partial charge in [-0.1, -0.05) is 12.5 Å². The van der Waals surface area contributed by atoms with Gasteiger partial charge in [-0.2, -0.15) is 5.10 Å². The van der Waals surface area contributed by atoms with Crippen molar-refractivity contribution in [2.24, 2.45) is 24.8 Å². The first-order chi connectivity index (χ1) is 16.9. The molecule has 3 fully saturated rings. The van der Waals surface area contributed by atoms with Crippen molar-refractivity contribution < 1.29 is 19.1 Å². The van der Waals surface area contributed by atoms with Gasteiger partial charge >= 0.3 is 0 Å². The van der Waals surface area contributed by atoms with Crippen LogP contribution in [0.1, 0.15) is 54.6 Å². The Labute approximate surface area is 204 Å². The number of amides is 3. The minimum atomic E-state index is -0.627. The summed E-state index contributed by atoms with van der Waals surface area (Å²) >= 11 is 0. The number of nitrogens with zero attached hydrogens (tertiary/aromatic N) is 2. The Kier molecular flexibility index (Phi) is 5.40. The topological polar surface area (TPSA) is 114 Å². The third kappa shape index (κ3) is 3.73. The van der Waals surface area contributed by atoms with Crippen LogP contribution in [-0.4, -0.2) is 46.8 Å². The molecule has 1 spiro atoms. The van der Waals surface area contributed by atoms with Crippen molar-refractivity contribution in [2.75, 3.05) is 23.8 Å². The second kappa shape index (κ2) is 8.48. The quantitative estimate of drug-likeness (QED) is 0.613. The maximum atomic E-state index is 13.6. The number of aromatic nitrogens is 2. The van der Waals surface area contributed by atoms with Crippen molar-refractivity contribution in [1.82, 2.24) is 15.1 Å². The lowest BCUT2D eigenvalue weighted by Gasteiger charge is -2.31. The van der Waals surface area contributed by atoms with Crippen molar-refractivity contribution >= 4 is 29.1 Å². The van der Waals surface area contributed by atoms with Gasteiger partial charge in [-0.05, 0) is 73.6 Å². The summed E-state index contributed by atoms with van der Waals surface area (Å²) in [4.78, 5) is 39.4. The van der Waals surface area contributed by atoms with E-state index in [9.17, 15) is 14.4 Å². The van der Waals surface area contributed by atoms with Crippen LogP contribution >= 0.6 is 0 Å². The highest BCUT2D eigenvalue weighted by atomic mass is 16.5. The fraction of sp³-hybridized carbons (Fsp3) is 0.538. The van der Waals surface area contributed by atoms with E-state index in [1.54, 1.807) is 19.3 Å². The van der Waals surface area contributed by atoms with Crippen LogP contribution in [0.2, 0.25) is 0 Å². The average Bonchev–Trinajstić information content (AvgIpc) is 3.63. The van der Waals surface area contributed by atoms with Crippen LogP contribution in [0.5, 0.6) is 0 Å². The largest absolute Gasteiger partial charge is 0.381 e. The predicted octanol–water partition coefficient (Wildman–Crippen LogP) is 2.59. The predicted molar refractivity (Wildman–Crippen MR) is 129 cm³/mol. The highest BCUT2D eigenvalue weighted by Gasteiger charge is 2.48. The lowest BCUT2D eigenvalue weighted by Crippen LogP contribution is -2.50. The van der Waals surface area contributed by atoms with Crippen LogP contribution in [0.15, 0.2) is 30.5 Å². The van der Waals surface area contributed by atoms with Crippen LogP contribution in [0.3, 0.4) is 0 Å². The Hall–Kier alpha value is -3.20. The van der Waals surface area contributed by atoms with Gasteiger partial charge in [-0.3, -0.25) is 19.1 Å². The molecule has 2 bridgehead atoms. The Morgan fingerprint density at radius 3 is 2.71 bits per heavy atom. The number of fused-ring (bicyclic) bond motifs is 4. The Morgan fingerprint density at radius 1 is 1.20 bits per heavy atom. The monoisotopic (exact) mass is 477 g/mol. The summed E-state index contributed by atoms with van der Waals surface area (Å²) in [5, 5.41) is 13.1. The normalized spacial score (nSPS) is 26.9. The number of benzene rings is 1. The standard InChI is InChI=1S/C26H31N5O4/c1-31-21(6-9-27-31)23(32)30-22(18-13-15-2-3-16(18)12-15)24(33)28-17-4-5-19-20(14-17)29-25(34)26(19)7-10-35-11-8-26/h4-6,9,14-16,18,22H,2-3,7-8,10-13H2,1H3,(H,28,33)(H,29,34)(H,30,32). The van der Waals surface area contributed by atoms with Crippen LogP contribution in [0.4, 0.5) is 11.4 Å². The molecule has 0 radical (unpaired) electrons. The summed E-state index contributed by atoms with van der Waals surface area (Å²) in [6.07, 6.45) is 7.30. The van der Waals surface area contributed by atoms with Gasteiger partial charge in [0.05, 0.1) is 5.41 Å². The number of carbonyl (C=O) groups excluding carboxylic acids is 3. The van der Waals surface area contributed by atoms with E-state index in [1.165, 1.54) is 11.1 Å². The van der Waals surface area contributed by atoms with Gasteiger partial charge in [0.1, 0.15) is 11.7 Å². The zero-order valence-electron chi connectivity index (χ0n) is 19.9. The van der Waals surface area contributed by atoms with Crippen molar-refractivity contribution in [3.63, 3.8) is 0 Å². The van der Waals surface area contributed by atoms with Crippen molar-refractivity contribution in [2.45, 2.75) is 50.0 Å². The summed E-state index contributed by atoms with van der Waals surface area (Å²) in [7, 11) is 1.71. The van der Waals surface area contributed by atoms with Gasteiger partial charge in [0.15, 0.2) is 0 Å². The van der Waals surface area contributed by atoms with Crippen LogP contribution in [0, 0.1) is 17.8 Å². The zero-order valence-corrected chi connectivity index (χ0v) is 19.9. The molecule has 4 unspecified atom stereocenters. The average molecular weight is 478 g/mol. The van der Waals surface area contributed by atoms with Crippen molar-refractivity contribution in [1.29, 1.82) is 0 Å². The first kappa shape index (κ1) is 22.3. The lowest BCUT2D eigenvalue weighted by molar-refractivity contribution is -0.124. The minimum Gasteiger partial charge on any atom is -0.381 e. The summed E-state index contributed by atoms with van der Waals surface area (Å²) in [6.45, 7) is 1.12. The van der Waals surface area contributed by atoms with E-state index in [0.717, 1.165) is 30.5 Å². The first-order valence-corrected chi connectivity index (χ1v) is 12.6. The number of aryl methyl sites for hydroxylation is 1. The number of carbonyl (C=O) groups is 3. The maximum Gasteiger partial charge on any atom is 0.270 e. The SMILES string of the molecule is Cn1nccc1C(=O)NC(C(=O)Nc1ccc2c(c1)NC(=O)C21CCOCC1)C1CC2CCC1C2. The number of anilines is 2. The molecule has 2 aromatic rings. The van der Waals surface area contributed by atoms with E-state index in [1.807, 2.05) is 18.2 Å². The smallest absolute Gasteiger partial charge is 0.270 e. The molecule has 2 aliphatic carbocycles. The molecule has 9 nitrogen and oxygen atoms in total. The zero-order chi connectivity index (χ0) is 24.2. The molecule has 2 saturated carbocycles. The molecule has 3 amide bonds. The fourth-order valence-electron chi connectivity index (χ4n) is 6.82. The number of hydrogen-bond donors (Lipinski definition) is 3. The molecular formula is C26H31N5O4. The molecule has 6 rings (SSSR count). The third-order valence-corrected chi connectivity index (χ3v) is 8.68. The van der Waals surface area contributed by atoms with Crippen LogP contribution in [0.25, 0.3) is 0 Å². The molecule has 4 aliphatic rings. The van der Waals surface area contributed by atoms with Gasteiger partial charge in [-0.25, -0.2) is 0 Å².